The van der Waals surface area contributed by atoms with E-state index < -0.39 is 0 Å². The van der Waals surface area contributed by atoms with Gasteiger partial charge in [-0.15, -0.1) is 0 Å². The molecule has 0 bridgehead atoms. The first-order valence-corrected chi connectivity index (χ1v) is 6.23. The lowest BCUT2D eigenvalue weighted by atomic mass is 9.97. The van der Waals surface area contributed by atoms with Crippen molar-refractivity contribution in [3.63, 3.8) is 0 Å². The molecule has 0 saturated heterocycles. The van der Waals surface area contributed by atoms with Crippen LogP contribution in [-0.2, 0) is 9.53 Å². The third-order valence-corrected chi connectivity index (χ3v) is 2.30. The number of aliphatic hydroxyl groups is 1. The van der Waals surface area contributed by atoms with Gasteiger partial charge in [-0.3, -0.25) is 0 Å². The number of aliphatic hydroxyl groups excluding tert-OH is 1. The molecular formula is C15H24O3. The number of hydrogen-bond donors (Lipinski definition) is 1. The van der Waals surface area contributed by atoms with E-state index in [-0.39, 0.29) is 24.6 Å². The second-order valence-corrected chi connectivity index (χ2v) is 4.93. The third kappa shape index (κ3) is 9.85. The van der Waals surface area contributed by atoms with Gasteiger partial charge >= 0.3 is 5.97 Å². The molecule has 0 saturated carbocycles. The van der Waals surface area contributed by atoms with Gasteiger partial charge < -0.3 is 9.84 Å². The monoisotopic (exact) mass is 252 g/mol. The lowest BCUT2D eigenvalue weighted by Gasteiger charge is -2.20. The molecule has 102 valence electrons. The summed E-state index contributed by atoms with van der Waals surface area (Å²) in [5, 5.41) is 9.00. The molecule has 3 heteroatoms. The largest absolute Gasteiger partial charge is 0.462 e. The van der Waals surface area contributed by atoms with Crippen LogP contribution in [0.15, 0.2) is 37.0 Å². The van der Waals surface area contributed by atoms with E-state index in [1.807, 2.05) is 32.1 Å². The van der Waals surface area contributed by atoms with Crippen LogP contribution in [0.1, 0.15) is 33.1 Å². The second kappa shape index (κ2) is 9.66. The Bertz CT molecular complexity index is 301. The maximum Gasteiger partial charge on any atom is 0.330 e. The zero-order valence-corrected chi connectivity index (χ0v) is 11.4. The van der Waals surface area contributed by atoms with Gasteiger partial charge in [-0.1, -0.05) is 44.7 Å². The molecule has 0 unspecified atom stereocenters. The van der Waals surface area contributed by atoms with Crippen LogP contribution in [0.5, 0.6) is 0 Å². The van der Waals surface area contributed by atoms with Gasteiger partial charge in [-0.25, -0.2) is 4.79 Å². The molecule has 0 amide bonds. The molecule has 3 nitrogen and oxygen atoms in total. The minimum absolute atomic E-state index is 0.000365. The lowest BCUT2D eigenvalue weighted by Crippen LogP contribution is -2.25. The maximum atomic E-state index is 11.3. The summed E-state index contributed by atoms with van der Waals surface area (Å²) >= 11 is 0. The first kappa shape index (κ1) is 16.6. The predicted molar refractivity (Wildman–Crippen MR) is 74.2 cm³/mol. The SMILES string of the molecule is C=C/C=C/CCC/C=C/C(=O)OCC(C)(C)CO. The van der Waals surface area contributed by atoms with E-state index in [1.165, 1.54) is 6.08 Å². The number of esters is 1. The molecule has 0 fully saturated rings. The normalized spacial score (nSPS) is 12.2. The van der Waals surface area contributed by atoms with Crippen LogP contribution in [0.3, 0.4) is 0 Å². The molecule has 0 atom stereocenters. The summed E-state index contributed by atoms with van der Waals surface area (Å²) < 4.78 is 5.03. The van der Waals surface area contributed by atoms with Gasteiger partial charge in [0.2, 0.25) is 0 Å². The number of allylic oxidation sites excluding steroid dienone is 4. The van der Waals surface area contributed by atoms with Crippen molar-refractivity contribution in [2.24, 2.45) is 5.41 Å². The first-order chi connectivity index (χ1) is 8.52. The van der Waals surface area contributed by atoms with Gasteiger partial charge in [0.1, 0.15) is 0 Å². The maximum absolute atomic E-state index is 11.3. The molecule has 0 aliphatic carbocycles. The topological polar surface area (TPSA) is 46.5 Å². The highest BCUT2D eigenvalue weighted by Crippen LogP contribution is 2.13. The van der Waals surface area contributed by atoms with Crippen molar-refractivity contribution in [3.05, 3.63) is 37.0 Å². The Morgan fingerprint density at radius 2 is 2.00 bits per heavy atom. The molecule has 0 heterocycles. The Hall–Kier alpha value is -1.35. The second-order valence-electron chi connectivity index (χ2n) is 4.93. The van der Waals surface area contributed by atoms with E-state index in [4.69, 9.17) is 9.84 Å². The molecule has 18 heavy (non-hydrogen) atoms. The minimum atomic E-state index is -0.376. The zero-order valence-electron chi connectivity index (χ0n) is 11.4. The van der Waals surface area contributed by atoms with E-state index >= 15 is 0 Å². The van der Waals surface area contributed by atoms with E-state index in [9.17, 15) is 4.79 Å². The van der Waals surface area contributed by atoms with Crippen LogP contribution in [-0.4, -0.2) is 24.3 Å². The van der Waals surface area contributed by atoms with Crippen molar-refractivity contribution in [1.29, 1.82) is 0 Å². The van der Waals surface area contributed by atoms with Crippen LogP contribution < -0.4 is 0 Å². The Morgan fingerprint density at radius 1 is 1.33 bits per heavy atom. The van der Waals surface area contributed by atoms with Crippen molar-refractivity contribution >= 4 is 5.97 Å². The molecule has 0 aromatic carbocycles. The fourth-order valence-corrected chi connectivity index (χ4v) is 1.09. The van der Waals surface area contributed by atoms with Crippen LogP contribution in [0.2, 0.25) is 0 Å². The number of carbonyl (C=O) groups is 1. The fourth-order valence-electron chi connectivity index (χ4n) is 1.09. The Kier molecular flexibility index (Phi) is 8.93. The van der Waals surface area contributed by atoms with Gasteiger partial charge in [-0.05, 0) is 19.3 Å². The van der Waals surface area contributed by atoms with Crippen molar-refractivity contribution in [2.75, 3.05) is 13.2 Å². The van der Waals surface area contributed by atoms with Gasteiger partial charge in [0.25, 0.3) is 0 Å². The van der Waals surface area contributed by atoms with E-state index in [0.29, 0.717) is 0 Å². The van der Waals surface area contributed by atoms with Crippen molar-refractivity contribution in [3.8, 4) is 0 Å². The first-order valence-electron chi connectivity index (χ1n) is 6.23. The average Bonchev–Trinajstić information content (AvgIpc) is 2.35. The number of rotatable bonds is 9. The highest BCUT2D eigenvalue weighted by atomic mass is 16.5. The Balaban J connectivity index is 3.68. The van der Waals surface area contributed by atoms with Crippen LogP contribution in [0.4, 0.5) is 0 Å². The standard InChI is InChI=1S/C15H24O3/c1-4-5-6-7-8-9-10-11-14(17)18-13-15(2,3)12-16/h4-6,10-11,16H,1,7-9,12-13H2,2-3H3/b6-5+,11-10+. The quantitative estimate of drug-likeness (QED) is 0.297. The van der Waals surface area contributed by atoms with Crippen LogP contribution in [0, 0.1) is 5.41 Å². The summed E-state index contributed by atoms with van der Waals surface area (Å²) in [7, 11) is 0. The van der Waals surface area contributed by atoms with Crippen molar-refractivity contribution in [2.45, 2.75) is 33.1 Å². The van der Waals surface area contributed by atoms with Gasteiger partial charge in [0, 0.05) is 11.5 Å². The molecule has 0 aliphatic heterocycles. The third-order valence-electron chi connectivity index (χ3n) is 2.30. The summed E-state index contributed by atoms with van der Waals surface area (Å²) in [6.07, 6.45) is 11.8. The summed E-state index contributed by atoms with van der Waals surface area (Å²) in [5.74, 6) is -0.349. The number of carbonyl (C=O) groups excluding carboxylic acids is 1. The van der Waals surface area contributed by atoms with E-state index in [0.717, 1.165) is 19.3 Å². The smallest absolute Gasteiger partial charge is 0.330 e. The highest BCUT2D eigenvalue weighted by Gasteiger charge is 2.18. The number of unbranched alkanes of at least 4 members (excludes halogenated alkanes) is 2. The molecule has 0 spiro atoms. The Labute approximate surface area is 110 Å². The summed E-state index contributed by atoms with van der Waals surface area (Å²) in [4.78, 5) is 11.3. The molecule has 1 N–H and O–H groups in total. The van der Waals surface area contributed by atoms with Gasteiger partial charge in [0.05, 0.1) is 13.2 Å². The molecule has 0 aromatic rings. The van der Waals surface area contributed by atoms with E-state index in [2.05, 4.69) is 6.58 Å². The van der Waals surface area contributed by atoms with Crippen LogP contribution >= 0.6 is 0 Å². The molecule has 0 aromatic heterocycles. The van der Waals surface area contributed by atoms with Crippen molar-refractivity contribution in [1.82, 2.24) is 0 Å². The minimum Gasteiger partial charge on any atom is -0.462 e. The Morgan fingerprint density at radius 3 is 2.61 bits per heavy atom. The highest BCUT2D eigenvalue weighted by molar-refractivity contribution is 5.81. The lowest BCUT2D eigenvalue weighted by molar-refractivity contribution is -0.141. The van der Waals surface area contributed by atoms with Gasteiger partial charge in [-0.2, -0.15) is 0 Å². The molecule has 0 aliphatic rings. The van der Waals surface area contributed by atoms with E-state index in [1.54, 1.807) is 6.08 Å². The summed E-state index contributed by atoms with van der Waals surface area (Å²) in [5.41, 5.74) is -0.376. The molecular weight excluding hydrogens is 228 g/mol. The number of hydrogen-bond acceptors (Lipinski definition) is 3. The molecule has 0 rings (SSSR count). The summed E-state index contributed by atoms with van der Waals surface area (Å²) in [6.45, 7) is 7.50. The summed E-state index contributed by atoms with van der Waals surface area (Å²) in [6, 6.07) is 0. The predicted octanol–water partition coefficient (Wildman–Crippen LogP) is 3.02. The van der Waals surface area contributed by atoms with Gasteiger partial charge in [0.15, 0.2) is 0 Å². The number of ether oxygens (including phenoxy) is 1. The van der Waals surface area contributed by atoms with Crippen LogP contribution in [0.25, 0.3) is 0 Å². The average molecular weight is 252 g/mol. The van der Waals surface area contributed by atoms with Crippen molar-refractivity contribution < 1.29 is 14.6 Å². The molecule has 0 radical (unpaired) electrons. The fraction of sp³-hybridized carbons (Fsp3) is 0.533. The zero-order chi connectivity index (χ0) is 13.9.